The van der Waals surface area contributed by atoms with Crippen LogP contribution in [0.3, 0.4) is 0 Å². The predicted molar refractivity (Wildman–Crippen MR) is 113 cm³/mol. The summed E-state index contributed by atoms with van der Waals surface area (Å²) in [5.74, 6) is 2.75. The molecule has 0 bridgehead atoms. The Morgan fingerprint density at radius 3 is 2.52 bits per heavy atom. The van der Waals surface area contributed by atoms with E-state index in [1.165, 1.54) is 32.1 Å². The molecule has 1 aliphatic carbocycles. The number of nitrogens with zero attached hydrogens (tertiary/aromatic N) is 2. The number of hydrogen-bond acceptors (Lipinski definition) is 3. The van der Waals surface area contributed by atoms with Gasteiger partial charge in [-0.15, -0.1) is 24.0 Å². The number of nitrogens with one attached hydrogen (secondary N) is 1. The van der Waals surface area contributed by atoms with Crippen LogP contribution in [-0.2, 0) is 9.47 Å². The highest BCUT2D eigenvalue weighted by Gasteiger charge is 2.32. The van der Waals surface area contributed by atoms with Crippen molar-refractivity contribution >= 4 is 29.9 Å². The minimum Gasteiger partial charge on any atom is -0.375 e. The molecule has 0 amide bonds. The van der Waals surface area contributed by atoms with Crippen LogP contribution in [0.15, 0.2) is 4.99 Å². The van der Waals surface area contributed by atoms with Gasteiger partial charge in [0.2, 0.25) is 0 Å². The minimum atomic E-state index is 0. The monoisotopic (exact) mass is 465 g/mol. The van der Waals surface area contributed by atoms with Gasteiger partial charge in [0.05, 0.1) is 12.7 Å². The van der Waals surface area contributed by atoms with Gasteiger partial charge in [0.15, 0.2) is 5.96 Å². The summed E-state index contributed by atoms with van der Waals surface area (Å²) >= 11 is 0. The van der Waals surface area contributed by atoms with Crippen LogP contribution in [0.5, 0.6) is 0 Å². The minimum absolute atomic E-state index is 0. The Hall–Kier alpha value is -0.0800. The van der Waals surface area contributed by atoms with Crippen molar-refractivity contribution in [3.63, 3.8) is 0 Å². The van der Waals surface area contributed by atoms with Gasteiger partial charge < -0.3 is 19.7 Å². The lowest BCUT2D eigenvalue weighted by Crippen LogP contribution is -2.53. The molecule has 3 fully saturated rings. The quantitative estimate of drug-likeness (QED) is 0.393. The number of morpholine rings is 1. The smallest absolute Gasteiger partial charge is 0.194 e. The molecule has 5 nitrogen and oxygen atoms in total. The van der Waals surface area contributed by atoms with Crippen molar-refractivity contribution in [2.24, 2.45) is 16.8 Å². The highest BCUT2D eigenvalue weighted by molar-refractivity contribution is 14.0. The van der Waals surface area contributed by atoms with Crippen molar-refractivity contribution in [2.75, 3.05) is 39.4 Å². The Kier molecular flexibility index (Phi) is 9.27. The first-order valence-corrected chi connectivity index (χ1v) is 10.0. The van der Waals surface area contributed by atoms with Gasteiger partial charge in [0.1, 0.15) is 6.10 Å². The first-order chi connectivity index (χ1) is 11.8. The maximum atomic E-state index is 5.98. The van der Waals surface area contributed by atoms with Crippen LogP contribution in [0.2, 0.25) is 0 Å². The Balaban J connectivity index is 0.00000225. The van der Waals surface area contributed by atoms with Crippen molar-refractivity contribution in [2.45, 2.75) is 64.6 Å². The molecule has 2 heterocycles. The van der Waals surface area contributed by atoms with Gasteiger partial charge in [-0.3, -0.25) is 4.99 Å². The highest BCUT2D eigenvalue weighted by Crippen LogP contribution is 2.28. The second kappa shape index (κ2) is 10.9. The van der Waals surface area contributed by atoms with Crippen LogP contribution < -0.4 is 5.32 Å². The van der Waals surface area contributed by atoms with Crippen molar-refractivity contribution in [1.82, 2.24) is 10.2 Å². The number of aliphatic imine (C=N–C) groups is 1. The Labute approximate surface area is 170 Å². The lowest BCUT2D eigenvalue weighted by atomic mass is 9.83. The van der Waals surface area contributed by atoms with Gasteiger partial charge in [-0.05, 0) is 44.4 Å². The third-order valence-electron chi connectivity index (χ3n) is 5.74. The summed E-state index contributed by atoms with van der Waals surface area (Å²) in [6, 6.07) is 0. The van der Waals surface area contributed by atoms with E-state index < -0.39 is 0 Å². The van der Waals surface area contributed by atoms with Crippen LogP contribution in [-0.4, -0.2) is 62.5 Å². The molecule has 25 heavy (non-hydrogen) atoms. The second-order valence-corrected chi connectivity index (χ2v) is 7.73. The fourth-order valence-corrected chi connectivity index (χ4v) is 4.14. The van der Waals surface area contributed by atoms with Crippen molar-refractivity contribution in [3.8, 4) is 0 Å². The summed E-state index contributed by atoms with van der Waals surface area (Å²) in [5, 5.41) is 3.49. The van der Waals surface area contributed by atoms with Gasteiger partial charge in [-0.2, -0.15) is 0 Å². The average molecular weight is 465 g/mol. The molecule has 2 unspecified atom stereocenters. The number of guanidine groups is 1. The first-order valence-electron chi connectivity index (χ1n) is 10.0. The molecule has 146 valence electrons. The van der Waals surface area contributed by atoms with Crippen LogP contribution in [0.1, 0.15) is 52.4 Å². The number of halogens is 1. The molecule has 6 heteroatoms. The number of rotatable bonds is 4. The van der Waals surface area contributed by atoms with E-state index in [1.807, 2.05) is 0 Å². The molecule has 0 radical (unpaired) electrons. The van der Waals surface area contributed by atoms with Crippen molar-refractivity contribution < 1.29 is 9.47 Å². The summed E-state index contributed by atoms with van der Waals surface area (Å²) in [6.07, 6.45) is 8.18. The molecule has 0 aromatic heterocycles. The standard InChI is InChI=1S/C19H35N3O2.HI/c1-3-20-19(21-13-16-8-6-15(2)7-9-16)22-10-12-24-18(14-22)17-5-4-11-23-17;/h15-18H,3-14H2,1-2H3,(H,20,21);1H. The fraction of sp³-hybridized carbons (Fsp3) is 0.947. The fourth-order valence-electron chi connectivity index (χ4n) is 4.14. The van der Waals surface area contributed by atoms with Gasteiger partial charge in [0.25, 0.3) is 0 Å². The normalized spacial score (nSPS) is 33.8. The molecule has 0 aromatic rings. The van der Waals surface area contributed by atoms with Gasteiger partial charge in [-0.1, -0.05) is 19.8 Å². The maximum absolute atomic E-state index is 5.98. The average Bonchev–Trinajstić information content (AvgIpc) is 3.15. The molecule has 3 aliphatic rings. The molecule has 3 rings (SSSR count). The zero-order valence-electron chi connectivity index (χ0n) is 15.9. The van der Waals surface area contributed by atoms with E-state index in [0.717, 1.165) is 63.6 Å². The summed E-state index contributed by atoms with van der Waals surface area (Å²) in [4.78, 5) is 7.36. The molecule has 1 N–H and O–H groups in total. The lowest BCUT2D eigenvalue weighted by molar-refractivity contribution is -0.0817. The van der Waals surface area contributed by atoms with E-state index in [9.17, 15) is 0 Å². The van der Waals surface area contributed by atoms with Gasteiger partial charge in [-0.25, -0.2) is 0 Å². The summed E-state index contributed by atoms with van der Waals surface area (Å²) in [6.45, 7) is 9.90. The predicted octanol–water partition coefficient (Wildman–Crippen LogP) is 3.28. The van der Waals surface area contributed by atoms with Crippen LogP contribution >= 0.6 is 24.0 Å². The van der Waals surface area contributed by atoms with Gasteiger partial charge >= 0.3 is 0 Å². The molecule has 0 aromatic carbocycles. The molecule has 1 saturated carbocycles. The maximum Gasteiger partial charge on any atom is 0.194 e. The zero-order valence-corrected chi connectivity index (χ0v) is 18.2. The largest absolute Gasteiger partial charge is 0.375 e. The zero-order chi connectivity index (χ0) is 16.8. The Bertz CT molecular complexity index is 407. The first kappa shape index (κ1) is 21.2. The van der Waals surface area contributed by atoms with E-state index in [2.05, 4.69) is 24.1 Å². The third-order valence-corrected chi connectivity index (χ3v) is 5.74. The molecular weight excluding hydrogens is 429 g/mol. The van der Waals surface area contributed by atoms with Crippen LogP contribution in [0.4, 0.5) is 0 Å². The number of hydrogen-bond donors (Lipinski definition) is 1. The number of ether oxygens (including phenoxy) is 2. The topological polar surface area (TPSA) is 46.1 Å². The van der Waals surface area contributed by atoms with E-state index in [4.69, 9.17) is 14.5 Å². The van der Waals surface area contributed by atoms with Gasteiger partial charge in [0, 0.05) is 32.8 Å². The highest BCUT2D eigenvalue weighted by atomic mass is 127. The summed E-state index contributed by atoms with van der Waals surface area (Å²) in [5.41, 5.74) is 0. The Morgan fingerprint density at radius 2 is 1.84 bits per heavy atom. The summed E-state index contributed by atoms with van der Waals surface area (Å²) in [7, 11) is 0. The SMILES string of the molecule is CCNC(=NCC1CCC(C)CC1)N1CCOC(C2CCCO2)C1.I. The Morgan fingerprint density at radius 1 is 1.08 bits per heavy atom. The van der Waals surface area contributed by atoms with Crippen molar-refractivity contribution in [1.29, 1.82) is 0 Å². The van der Waals surface area contributed by atoms with Crippen LogP contribution in [0.25, 0.3) is 0 Å². The molecule has 0 spiro atoms. The van der Waals surface area contributed by atoms with E-state index in [1.54, 1.807) is 0 Å². The second-order valence-electron chi connectivity index (χ2n) is 7.73. The lowest BCUT2D eigenvalue weighted by Gasteiger charge is -2.37. The summed E-state index contributed by atoms with van der Waals surface area (Å²) < 4.78 is 11.8. The van der Waals surface area contributed by atoms with Crippen molar-refractivity contribution in [3.05, 3.63) is 0 Å². The molecule has 2 atom stereocenters. The van der Waals surface area contributed by atoms with Crippen LogP contribution in [0, 0.1) is 11.8 Å². The van der Waals surface area contributed by atoms with E-state index in [0.29, 0.717) is 0 Å². The molecule has 2 aliphatic heterocycles. The molecule has 2 saturated heterocycles. The van der Waals surface area contributed by atoms with E-state index in [-0.39, 0.29) is 36.2 Å². The third kappa shape index (κ3) is 6.24. The molecular formula is C19H36IN3O2. The van der Waals surface area contributed by atoms with E-state index >= 15 is 0 Å².